The molecule has 4 rings (SSSR count). The lowest BCUT2D eigenvalue weighted by Gasteiger charge is -2.25. The topological polar surface area (TPSA) is 58.4 Å². The van der Waals surface area contributed by atoms with Crippen LogP contribution in [-0.4, -0.2) is 34.6 Å². The fourth-order valence-corrected chi connectivity index (χ4v) is 4.18. The first-order valence-electron chi connectivity index (χ1n) is 9.84. The normalized spacial score (nSPS) is 19.4. The third kappa shape index (κ3) is 4.07. The van der Waals surface area contributed by atoms with Gasteiger partial charge in [-0.05, 0) is 31.9 Å². The first-order valence-corrected chi connectivity index (χ1v) is 10.2. The van der Waals surface area contributed by atoms with Gasteiger partial charge in [0, 0.05) is 30.7 Å². The summed E-state index contributed by atoms with van der Waals surface area (Å²) in [6, 6.07) is 18.1. The second kappa shape index (κ2) is 8.39. The maximum atomic E-state index is 13.1. The summed E-state index contributed by atoms with van der Waals surface area (Å²) in [5.41, 5.74) is 2.91. The average molecular weight is 410 g/mol. The van der Waals surface area contributed by atoms with Crippen LogP contribution in [0.25, 0.3) is 11.3 Å². The van der Waals surface area contributed by atoms with Crippen LogP contribution in [0.4, 0.5) is 0 Å². The molecule has 0 saturated carbocycles. The van der Waals surface area contributed by atoms with Gasteiger partial charge in [-0.15, -0.1) is 0 Å². The maximum absolute atomic E-state index is 13.1. The third-order valence-corrected chi connectivity index (χ3v) is 5.98. The predicted molar refractivity (Wildman–Crippen MR) is 114 cm³/mol. The van der Waals surface area contributed by atoms with Crippen LogP contribution in [0.3, 0.4) is 0 Å². The van der Waals surface area contributed by atoms with E-state index < -0.39 is 0 Å². The number of hydrogen-bond donors (Lipinski definition) is 1. The molecule has 1 fully saturated rings. The molecule has 150 valence electrons. The van der Waals surface area contributed by atoms with Crippen LogP contribution in [0.1, 0.15) is 35.0 Å². The van der Waals surface area contributed by atoms with E-state index in [-0.39, 0.29) is 18.0 Å². The molecular weight excluding hydrogens is 386 g/mol. The Morgan fingerprint density at radius 2 is 1.93 bits per heavy atom. The number of benzene rings is 2. The first-order chi connectivity index (χ1) is 14.0. The van der Waals surface area contributed by atoms with Gasteiger partial charge in [0.2, 0.25) is 0 Å². The second-order valence-electron chi connectivity index (χ2n) is 7.51. The highest BCUT2D eigenvalue weighted by Crippen LogP contribution is 2.31. The van der Waals surface area contributed by atoms with Crippen molar-refractivity contribution in [1.29, 1.82) is 0 Å². The van der Waals surface area contributed by atoms with E-state index in [4.69, 9.17) is 16.1 Å². The molecule has 29 heavy (non-hydrogen) atoms. The van der Waals surface area contributed by atoms with Crippen molar-refractivity contribution in [3.05, 3.63) is 76.5 Å². The van der Waals surface area contributed by atoms with Crippen LogP contribution in [-0.2, 0) is 6.54 Å². The highest BCUT2D eigenvalue weighted by molar-refractivity contribution is 6.33. The molecule has 1 saturated heterocycles. The molecule has 2 atom stereocenters. The molecule has 0 radical (unpaired) electrons. The Morgan fingerprint density at radius 1 is 1.21 bits per heavy atom. The van der Waals surface area contributed by atoms with E-state index in [9.17, 15) is 4.79 Å². The van der Waals surface area contributed by atoms with E-state index in [1.165, 1.54) is 5.56 Å². The van der Waals surface area contributed by atoms with Crippen molar-refractivity contribution in [2.45, 2.75) is 38.9 Å². The van der Waals surface area contributed by atoms with Gasteiger partial charge in [0.25, 0.3) is 5.91 Å². The summed E-state index contributed by atoms with van der Waals surface area (Å²) in [5.74, 6) is 0.321. The van der Waals surface area contributed by atoms with E-state index in [0.29, 0.717) is 27.6 Å². The number of amides is 1. The van der Waals surface area contributed by atoms with Crippen LogP contribution < -0.4 is 5.32 Å². The summed E-state index contributed by atoms with van der Waals surface area (Å²) in [5, 5.41) is 7.84. The summed E-state index contributed by atoms with van der Waals surface area (Å²) in [6.07, 6.45) is 0.908. The Labute approximate surface area is 175 Å². The Balaban J connectivity index is 1.49. The van der Waals surface area contributed by atoms with Gasteiger partial charge in [-0.25, -0.2) is 0 Å². The number of carbonyl (C=O) groups is 1. The molecular formula is C23H24ClN3O2. The largest absolute Gasteiger partial charge is 0.360 e. The molecule has 2 heterocycles. The van der Waals surface area contributed by atoms with Crippen molar-refractivity contribution in [1.82, 2.24) is 15.4 Å². The molecule has 0 bridgehead atoms. The maximum Gasteiger partial charge on any atom is 0.257 e. The van der Waals surface area contributed by atoms with E-state index in [2.05, 4.69) is 46.6 Å². The number of halogens is 1. The van der Waals surface area contributed by atoms with Crippen molar-refractivity contribution in [2.24, 2.45) is 0 Å². The highest BCUT2D eigenvalue weighted by atomic mass is 35.5. The smallest absolute Gasteiger partial charge is 0.257 e. The minimum Gasteiger partial charge on any atom is -0.360 e. The zero-order valence-corrected chi connectivity index (χ0v) is 17.3. The van der Waals surface area contributed by atoms with Crippen molar-refractivity contribution in [2.75, 3.05) is 6.54 Å². The molecule has 0 aliphatic carbocycles. The monoisotopic (exact) mass is 409 g/mol. The summed E-state index contributed by atoms with van der Waals surface area (Å²) >= 11 is 6.31. The van der Waals surface area contributed by atoms with Crippen LogP contribution in [0.5, 0.6) is 0 Å². The minimum atomic E-state index is -0.169. The number of rotatable bonds is 5. The molecule has 1 aliphatic rings. The summed E-state index contributed by atoms with van der Waals surface area (Å²) in [6.45, 7) is 5.74. The van der Waals surface area contributed by atoms with Gasteiger partial charge in [0.15, 0.2) is 0 Å². The minimum absolute atomic E-state index is 0.0691. The molecule has 1 aliphatic heterocycles. The van der Waals surface area contributed by atoms with E-state index in [0.717, 1.165) is 19.5 Å². The van der Waals surface area contributed by atoms with Gasteiger partial charge in [-0.1, -0.05) is 65.3 Å². The molecule has 1 N–H and O–H groups in total. The standard InChI is InChI=1S/C23H24ClN3O2/c1-15-20(12-13-27(15)14-17-8-4-3-5-9-17)25-23(28)21-16(2)29-26-22(21)18-10-6-7-11-19(18)24/h3-11,15,20H,12-14H2,1-2H3,(H,25,28). The van der Waals surface area contributed by atoms with Crippen LogP contribution >= 0.6 is 11.6 Å². The molecule has 5 nitrogen and oxygen atoms in total. The highest BCUT2D eigenvalue weighted by Gasteiger charge is 2.33. The van der Waals surface area contributed by atoms with Crippen molar-refractivity contribution in [3.63, 3.8) is 0 Å². The summed E-state index contributed by atoms with van der Waals surface area (Å²) < 4.78 is 5.34. The summed E-state index contributed by atoms with van der Waals surface area (Å²) in [4.78, 5) is 15.5. The van der Waals surface area contributed by atoms with Crippen molar-refractivity contribution in [3.8, 4) is 11.3 Å². The quantitative estimate of drug-likeness (QED) is 0.663. The molecule has 3 aromatic rings. The number of aromatic nitrogens is 1. The number of likely N-dealkylation sites (tertiary alicyclic amines) is 1. The van der Waals surface area contributed by atoms with Crippen LogP contribution in [0, 0.1) is 6.92 Å². The lowest BCUT2D eigenvalue weighted by Crippen LogP contribution is -2.43. The molecule has 6 heteroatoms. The fourth-order valence-electron chi connectivity index (χ4n) is 3.96. The molecule has 1 amide bonds. The van der Waals surface area contributed by atoms with Gasteiger partial charge in [0.1, 0.15) is 17.0 Å². The number of nitrogens with one attached hydrogen (secondary N) is 1. The molecule has 2 unspecified atom stereocenters. The molecule has 0 spiro atoms. The lowest BCUT2D eigenvalue weighted by molar-refractivity contribution is 0.0926. The first kappa shape index (κ1) is 19.7. The Hall–Kier alpha value is -2.63. The van der Waals surface area contributed by atoms with Crippen LogP contribution in [0.15, 0.2) is 59.1 Å². The number of aryl methyl sites for hydroxylation is 1. The van der Waals surface area contributed by atoms with Gasteiger partial charge in [-0.2, -0.15) is 0 Å². The van der Waals surface area contributed by atoms with Gasteiger partial charge in [-0.3, -0.25) is 9.69 Å². The number of carbonyl (C=O) groups excluding carboxylic acids is 1. The summed E-state index contributed by atoms with van der Waals surface area (Å²) in [7, 11) is 0. The Morgan fingerprint density at radius 3 is 2.69 bits per heavy atom. The van der Waals surface area contributed by atoms with Gasteiger partial charge in [0.05, 0.1) is 5.02 Å². The van der Waals surface area contributed by atoms with E-state index >= 15 is 0 Å². The Bertz CT molecular complexity index is 1000. The molecule has 1 aromatic heterocycles. The van der Waals surface area contributed by atoms with Gasteiger partial charge >= 0.3 is 0 Å². The second-order valence-corrected chi connectivity index (χ2v) is 7.91. The number of hydrogen-bond acceptors (Lipinski definition) is 4. The third-order valence-electron chi connectivity index (χ3n) is 5.65. The van der Waals surface area contributed by atoms with E-state index in [1.54, 1.807) is 13.0 Å². The fraction of sp³-hybridized carbons (Fsp3) is 0.304. The number of nitrogens with zero attached hydrogens (tertiary/aromatic N) is 2. The lowest BCUT2D eigenvalue weighted by atomic mass is 10.0. The van der Waals surface area contributed by atoms with Gasteiger partial charge < -0.3 is 9.84 Å². The van der Waals surface area contributed by atoms with Crippen molar-refractivity contribution >= 4 is 17.5 Å². The predicted octanol–water partition coefficient (Wildman–Crippen LogP) is 4.70. The zero-order chi connectivity index (χ0) is 20.4. The van der Waals surface area contributed by atoms with E-state index in [1.807, 2.05) is 24.3 Å². The zero-order valence-electron chi connectivity index (χ0n) is 16.6. The van der Waals surface area contributed by atoms with Crippen LogP contribution in [0.2, 0.25) is 5.02 Å². The molecule has 2 aromatic carbocycles. The average Bonchev–Trinajstić information content (AvgIpc) is 3.26. The Kier molecular flexibility index (Phi) is 5.69. The SMILES string of the molecule is Cc1onc(-c2ccccc2Cl)c1C(=O)NC1CCN(Cc2ccccc2)C1C. The van der Waals surface area contributed by atoms with Crippen molar-refractivity contribution < 1.29 is 9.32 Å².